The molecule has 1 atom stereocenters. The van der Waals surface area contributed by atoms with Gasteiger partial charge in [-0.1, -0.05) is 24.3 Å². The molecule has 2 amide bonds. The van der Waals surface area contributed by atoms with E-state index >= 15 is 0 Å². The lowest BCUT2D eigenvalue weighted by atomic mass is 9.95. The summed E-state index contributed by atoms with van der Waals surface area (Å²) in [6, 6.07) is 6.63. The van der Waals surface area contributed by atoms with E-state index in [1.54, 1.807) is 0 Å². The van der Waals surface area contributed by atoms with Crippen LogP contribution < -0.4 is 11.1 Å². The Bertz CT molecular complexity index is 1070. The molecular formula is C19H21N3O4S2. The first kappa shape index (κ1) is 19.1. The van der Waals surface area contributed by atoms with Gasteiger partial charge in [-0.05, 0) is 42.4 Å². The molecule has 3 N–H and O–H groups in total. The van der Waals surface area contributed by atoms with Gasteiger partial charge in [-0.15, -0.1) is 11.3 Å². The standard InChI is InChI=1S/C19H21N3O4S2/c1-28(25,26)22-10-12-6-3-2-5-11(12)9-14(22)18(24)21-19-16(17(20)23)13-7-4-8-15(13)27-19/h2-3,5-6,14H,4,7-10H2,1H3,(H2,20,23)(H,21,24). The zero-order valence-corrected chi connectivity index (χ0v) is 17.0. The minimum Gasteiger partial charge on any atom is -0.365 e. The van der Waals surface area contributed by atoms with Crippen LogP contribution >= 0.6 is 11.3 Å². The van der Waals surface area contributed by atoms with E-state index in [0.717, 1.165) is 47.1 Å². The molecule has 7 nitrogen and oxygen atoms in total. The highest BCUT2D eigenvalue weighted by molar-refractivity contribution is 7.88. The molecule has 1 aromatic carbocycles. The molecule has 1 unspecified atom stereocenters. The summed E-state index contributed by atoms with van der Waals surface area (Å²) in [6.45, 7) is 0.150. The molecule has 9 heteroatoms. The number of thiophene rings is 1. The Balaban J connectivity index is 1.67. The predicted octanol–water partition coefficient (Wildman–Crippen LogP) is 1.66. The molecule has 1 aliphatic heterocycles. The summed E-state index contributed by atoms with van der Waals surface area (Å²) in [7, 11) is -3.59. The van der Waals surface area contributed by atoms with Crippen molar-refractivity contribution in [3.05, 3.63) is 51.4 Å². The fourth-order valence-corrected chi connectivity index (χ4v) is 6.32. The topological polar surface area (TPSA) is 110 Å². The van der Waals surface area contributed by atoms with Crippen molar-refractivity contribution in [2.45, 2.75) is 38.3 Å². The summed E-state index contributed by atoms with van der Waals surface area (Å²) in [6.07, 6.45) is 3.99. The number of nitrogens with two attached hydrogens (primary N) is 1. The van der Waals surface area contributed by atoms with Crippen molar-refractivity contribution >= 4 is 38.2 Å². The number of primary amides is 1. The van der Waals surface area contributed by atoms with Crippen molar-refractivity contribution in [1.29, 1.82) is 0 Å². The van der Waals surface area contributed by atoms with Crippen LogP contribution in [0.5, 0.6) is 0 Å². The molecule has 1 aliphatic carbocycles. The lowest BCUT2D eigenvalue weighted by molar-refractivity contribution is -0.120. The van der Waals surface area contributed by atoms with Gasteiger partial charge in [0.05, 0.1) is 11.8 Å². The zero-order chi connectivity index (χ0) is 20.1. The normalized spacial score (nSPS) is 19.1. The molecule has 1 aromatic heterocycles. The van der Waals surface area contributed by atoms with Gasteiger partial charge in [0.1, 0.15) is 11.0 Å². The van der Waals surface area contributed by atoms with Crippen LogP contribution in [0.1, 0.15) is 38.3 Å². The Morgan fingerprint density at radius 2 is 1.93 bits per heavy atom. The molecule has 28 heavy (non-hydrogen) atoms. The molecule has 2 heterocycles. The zero-order valence-electron chi connectivity index (χ0n) is 15.4. The van der Waals surface area contributed by atoms with Gasteiger partial charge in [-0.3, -0.25) is 9.59 Å². The quantitative estimate of drug-likeness (QED) is 0.785. The van der Waals surface area contributed by atoms with Crippen LogP contribution in [0.3, 0.4) is 0 Å². The summed E-state index contributed by atoms with van der Waals surface area (Å²) in [5.41, 5.74) is 8.69. The minimum absolute atomic E-state index is 0.150. The van der Waals surface area contributed by atoms with Gasteiger partial charge >= 0.3 is 0 Å². The predicted molar refractivity (Wildman–Crippen MR) is 108 cm³/mol. The molecule has 0 radical (unpaired) electrons. The molecule has 0 saturated heterocycles. The van der Waals surface area contributed by atoms with Gasteiger partial charge in [0.2, 0.25) is 15.9 Å². The number of anilines is 1. The highest BCUT2D eigenvalue weighted by atomic mass is 32.2. The molecule has 4 rings (SSSR count). The average molecular weight is 420 g/mol. The van der Waals surface area contributed by atoms with Gasteiger partial charge in [-0.2, -0.15) is 4.31 Å². The first-order valence-electron chi connectivity index (χ1n) is 9.04. The fourth-order valence-electron chi connectivity index (χ4n) is 4.02. The number of aryl methyl sites for hydroxylation is 1. The Kier molecular flexibility index (Phi) is 4.76. The third kappa shape index (κ3) is 3.34. The van der Waals surface area contributed by atoms with E-state index in [0.29, 0.717) is 10.6 Å². The van der Waals surface area contributed by atoms with Crippen LogP contribution in [0.4, 0.5) is 5.00 Å². The van der Waals surface area contributed by atoms with E-state index in [1.165, 1.54) is 15.6 Å². The van der Waals surface area contributed by atoms with Crippen LogP contribution in [0.15, 0.2) is 24.3 Å². The van der Waals surface area contributed by atoms with Crippen LogP contribution in [0.25, 0.3) is 0 Å². The van der Waals surface area contributed by atoms with E-state index in [1.807, 2.05) is 24.3 Å². The van der Waals surface area contributed by atoms with Gasteiger partial charge < -0.3 is 11.1 Å². The lowest BCUT2D eigenvalue weighted by Crippen LogP contribution is -2.50. The van der Waals surface area contributed by atoms with Crippen molar-refractivity contribution in [2.24, 2.45) is 5.73 Å². The van der Waals surface area contributed by atoms with E-state index in [4.69, 9.17) is 5.73 Å². The monoisotopic (exact) mass is 419 g/mol. The van der Waals surface area contributed by atoms with Gasteiger partial charge in [-0.25, -0.2) is 8.42 Å². The first-order valence-corrected chi connectivity index (χ1v) is 11.7. The second-order valence-electron chi connectivity index (χ2n) is 7.21. The Hall–Kier alpha value is -2.23. The van der Waals surface area contributed by atoms with Crippen molar-refractivity contribution in [3.8, 4) is 0 Å². The first-order chi connectivity index (χ1) is 13.3. The van der Waals surface area contributed by atoms with Crippen molar-refractivity contribution < 1.29 is 18.0 Å². The summed E-state index contributed by atoms with van der Waals surface area (Å²) >= 11 is 1.36. The van der Waals surface area contributed by atoms with E-state index < -0.39 is 27.9 Å². The molecule has 0 bridgehead atoms. The third-order valence-corrected chi connectivity index (χ3v) is 7.78. The molecule has 2 aliphatic rings. The number of carbonyl (C=O) groups excluding carboxylic acids is 2. The van der Waals surface area contributed by atoms with Gasteiger partial charge in [0.15, 0.2) is 0 Å². The number of sulfonamides is 1. The van der Waals surface area contributed by atoms with Crippen molar-refractivity contribution in [2.75, 3.05) is 11.6 Å². The maximum Gasteiger partial charge on any atom is 0.251 e. The van der Waals surface area contributed by atoms with Crippen LogP contribution in [0.2, 0.25) is 0 Å². The van der Waals surface area contributed by atoms with Crippen LogP contribution in [0, 0.1) is 0 Å². The number of nitrogens with zero attached hydrogens (tertiary/aromatic N) is 1. The summed E-state index contributed by atoms with van der Waals surface area (Å²) < 4.78 is 25.9. The second-order valence-corrected chi connectivity index (χ2v) is 10.3. The number of amides is 2. The van der Waals surface area contributed by atoms with Gasteiger partial charge in [0.25, 0.3) is 5.91 Å². The number of rotatable bonds is 4. The summed E-state index contributed by atoms with van der Waals surface area (Å²) in [5, 5.41) is 3.22. The molecule has 0 saturated carbocycles. The van der Waals surface area contributed by atoms with E-state index in [-0.39, 0.29) is 13.0 Å². The number of carbonyl (C=O) groups is 2. The summed E-state index contributed by atoms with van der Waals surface area (Å²) in [4.78, 5) is 26.1. The highest BCUT2D eigenvalue weighted by Crippen LogP contribution is 2.39. The van der Waals surface area contributed by atoms with Crippen LogP contribution in [-0.2, 0) is 40.6 Å². The van der Waals surface area contributed by atoms with Crippen molar-refractivity contribution in [1.82, 2.24) is 4.31 Å². The fraction of sp³-hybridized carbons (Fsp3) is 0.368. The maximum absolute atomic E-state index is 13.1. The lowest BCUT2D eigenvalue weighted by Gasteiger charge is -2.34. The van der Waals surface area contributed by atoms with Crippen LogP contribution in [-0.4, -0.2) is 36.8 Å². The minimum atomic E-state index is -3.59. The number of nitrogens with one attached hydrogen (secondary N) is 1. The molecule has 0 spiro atoms. The Morgan fingerprint density at radius 1 is 1.21 bits per heavy atom. The Labute approximate surface area is 167 Å². The van der Waals surface area contributed by atoms with E-state index in [9.17, 15) is 18.0 Å². The Morgan fingerprint density at radius 3 is 2.61 bits per heavy atom. The third-order valence-electron chi connectivity index (χ3n) is 5.34. The maximum atomic E-state index is 13.1. The van der Waals surface area contributed by atoms with Crippen molar-refractivity contribution in [3.63, 3.8) is 0 Å². The molecule has 0 fully saturated rings. The molecular weight excluding hydrogens is 398 g/mol. The molecule has 2 aromatic rings. The number of hydrogen-bond acceptors (Lipinski definition) is 5. The summed E-state index contributed by atoms with van der Waals surface area (Å²) in [5.74, 6) is -1.01. The van der Waals surface area contributed by atoms with Gasteiger partial charge in [0, 0.05) is 11.4 Å². The molecule has 148 valence electrons. The average Bonchev–Trinajstić information content (AvgIpc) is 3.20. The second kappa shape index (κ2) is 6.98. The highest BCUT2D eigenvalue weighted by Gasteiger charge is 2.37. The van der Waals surface area contributed by atoms with E-state index in [2.05, 4.69) is 5.32 Å². The number of fused-ring (bicyclic) bond motifs is 2. The largest absolute Gasteiger partial charge is 0.365 e. The number of benzene rings is 1. The smallest absolute Gasteiger partial charge is 0.251 e. The number of hydrogen-bond donors (Lipinski definition) is 2. The SMILES string of the molecule is CS(=O)(=O)N1Cc2ccccc2CC1C(=O)Nc1sc2c(c1C(N)=O)CCC2.